The number of hydrogen-bond acceptors (Lipinski definition) is 6. The lowest BCUT2D eigenvalue weighted by atomic mass is 10.2. The minimum Gasteiger partial charge on any atom is -0.355 e. The van der Waals surface area contributed by atoms with E-state index in [1.54, 1.807) is 12.3 Å². The standard InChI is InChI=1S/C16H19ClN4O2S/c1-11-3-4-12(9-14(11)17)19-16-18-7-5-15(20-16)21(2)13-6-8-24(22,23)10-13/h3-5,7,9,13H,6,8,10H2,1-2H3,(H,18,19,20). The van der Waals surface area contributed by atoms with Crippen molar-refractivity contribution in [2.45, 2.75) is 19.4 Å². The van der Waals surface area contributed by atoms with Gasteiger partial charge in [-0.2, -0.15) is 4.98 Å². The molecule has 2 heterocycles. The summed E-state index contributed by atoms with van der Waals surface area (Å²) in [6, 6.07) is 7.37. The lowest BCUT2D eigenvalue weighted by Gasteiger charge is -2.24. The first-order valence-corrected chi connectivity index (χ1v) is 9.83. The number of nitrogens with zero attached hydrogens (tertiary/aromatic N) is 3. The number of halogens is 1. The maximum atomic E-state index is 11.7. The summed E-state index contributed by atoms with van der Waals surface area (Å²) in [7, 11) is -1.07. The number of benzene rings is 1. The molecule has 3 rings (SSSR count). The SMILES string of the molecule is Cc1ccc(Nc2nccc(N(C)C3CCS(=O)(=O)C3)n2)cc1Cl. The zero-order chi connectivity index (χ0) is 17.3. The average molecular weight is 367 g/mol. The van der Waals surface area contributed by atoms with Crippen molar-refractivity contribution in [1.82, 2.24) is 9.97 Å². The van der Waals surface area contributed by atoms with Crippen LogP contribution in [0.2, 0.25) is 5.02 Å². The Labute approximate surface area is 146 Å². The molecule has 1 aliphatic rings. The van der Waals surface area contributed by atoms with E-state index in [2.05, 4.69) is 15.3 Å². The van der Waals surface area contributed by atoms with E-state index in [1.807, 2.05) is 37.1 Å². The van der Waals surface area contributed by atoms with Gasteiger partial charge in [0.2, 0.25) is 5.95 Å². The molecule has 128 valence electrons. The van der Waals surface area contributed by atoms with E-state index in [0.717, 1.165) is 11.3 Å². The minimum atomic E-state index is -2.93. The van der Waals surface area contributed by atoms with E-state index >= 15 is 0 Å². The molecule has 1 aromatic heterocycles. The van der Waals surface area contributed by atoms with Crippen LogP contribution in [-0.4, -0.2) is 43.0 Å². The summed E-state index contributed by atoms with van der Waals surface area (Å²) < 4.78 is 23.3. The molecule has 6 nitrogen and oxygen atoms in total. The number of nitrogens with one attached hydrogen (secondary N) is 1. The predicted octanol–water partition coefficient (Wildman–Crippen LogP) is 2.81. The van der Waals surface area contributed by atoms with Crippen molar-refractivity contribution in [3.05, 3.63) is 41.0 Å². The third kappa shape index (κ3) is 3.79. The summed E-state index contributed by atoms with van der Waals surface area (Å²) in [5.41, 5.74) is 1.80. The molecule has 0 spiro atoms. The van der Waals surface area contributed by atoms with Gasteiger partial charge >= 0.3 is 0 Å². The first kappa shape index (κ1) is 17.0. The van der Waals surface area contributed by atoms with Gasteiger partial charge in [0.15, 0.2) is 9.84 Å². The van der Waals surface area contributed by atoms with Crippen LogP contribution in [0.15, 0.2) is 30.5 Å². The van der Waals surface area contributed by atoms with Crippen LogP contribution in [0.5, 0.6) is 0 Å². The Morgan fingerprint density at radius 1 is 1.33 bits per heavy atom. The van der Waals surface area contributed by atoms with Gasteiger partial charge in [-0.1, -0.05) is 17.7 Å². The second-order valence-corrected chi connectivity index (χ2v) is 8.63. The molecule has 0 amide bonds. The Morgan fingerprint density at radius 2 is 2.12 bits per heavy atom. The number of anilines is 3. The van der Waals surface area contributed by atoms with Crippen molar-refractivity contribution in [3.8, 4) is 0 Å². The smallest absolute Gasteiger partial charge is 0.229 e. The number of aromatic nitrogens is 2. The molecule has 0 bridgehead atoms. The number of rotatable bonds is 4. The molecular formula is C16H19ClN4O2S. The Balaban J connectivity index is 1.77. The first-order valence-electron chi connectivity index (χ1n) is 7.63. The molecule has 1 fully saturated rings. The summed E-state index contributed by atoms with van der Waals surface area (Å²) in [4.78, 5) is 10.6. The first-order chi connectivity index (χ1) is 11.3. The van der Waals surface area contributed by atoms with Crippen molar-refractivity contribution in [2.75, 3.05) is 28.8 Å². The van der Waals surface area contributed by atoms with Crippen LogP contribution in [0.4, 0.5) is 17.5 Å². The molecule has 24 heavy (non-hydrogen) atoms. The van der Waals surface area contributed by atoms with Crippen molar-refractivity contribution in [2.24, 2.45) is 0 Å². The van der Waals surface area contributed by atoms with Gasteiger partial charge in [0.25, 0.3) is 0 Å². The summed E-state index contributed by atoms with van der Waals surface area (Å²) in [5.74, 6) is 1.54. The zero-order valence-electron chi connectivity index (χ0n) is 13.5. The second-order valence-electron chi connectivity index (χ2n) is 6.00. The normalized spacial score (nSPS) is 19.2. The average Bonchev–Trinajstić information content (AvgIpc) is 2.90. The Morgan fingerprint density at radius 3 is 2.79 bits per heavy atom. The molecule has 1 aromatic carbocycles. The molecule has 0 saturated carbocycles. The molecule has 1 atom stereocenters. The van der Waals surface area contributed by atoms with E-state index in [1.165, 1.54) is 0 Å². The van der Waals surface area contributed by atoms with Crippen LogP contribution in [0.3, 0.4) is 0 Å². The summed E-state index contributed by atoms with van der Waals surface area (Å²) in [6.45, 7) is 1.94. The molecule has 1 unspecified atom stereocenters. The molecule has 2 aromatic rings. The molecule has 1 saturated heterocycles. The van der Waals surface area contributed by atoms with Gasteiger partial charge in [0.1, 0.15) is 5.82 Å². The van der Waals surface area contributed by atoms with Crippen LogP contribution in [-0.2, 0) is 9.84 Å². The van der Waals surface area contributed by atoms with Crippen molar-refractivity contribution < 1.29 is 8.42 Å². The number of sulfone groups is 1. The summed E-state index contributed by atoms with van der Waals surface area (Å²) >= 11 is 6.13. The van der Waals surface area contributed by atoms with E-state index in [9.17, 15) is 8.42 Å². The Kier molecular flexibility index (Phi) is 4.64. The van der Waals surface area contributed by atoms with Crippen LogP contribution < -0.4 is 10.2 Å². The monoisotopic (exact) mass is 366 g/mol. The molecule has 0 aliphatic carbocycles. The summed E-state index contributed by atoms with van der Waals surface area (Å²) in [6.07, 6.45) is 2.28. The van der Waals surface area contributed by atoms with E-state index in [-0.39, 0.29) is 17.5 Å². The fraction of sp³-hybridized carbons (Fsp3) is 0.375. The minimum absolute atomic E-state index is 0.0495. The molecule has 8 heteroatoms. The van der Waals surface area contributed by atoms with Gasteiger partial charge < -0.3 is 10.2 Å². The third-order valence-electron chi connectivity index (χ3n) is 4.19. The summed E-state index contributed by atoms with van der Waals surface area (Å²) in [5, 5.41) is 3.79. The quantitative estimate of drug-likeness (QED) is 0.896. The fourth-order valence-corrected chi connectivity index (χ4v) is 4.63. The highest BCUT2D eigenvalue weighted by Gasteiger charge is 2.31. The van der Waals surface area contributed by atoms with Gasteiger partial charge in [-0.05, 0) is 37.1 Å². The highest BCUT2D eigenvalue weighted by molar-refractivity contribution is 7.91. The van der Waals surface area contributed by atoms with Crippen LogP contribution in [0.25, 0.3) is 0 Å². The zero-order valence-corrected chi connectivity index (χ0v) is 15.1. The topological polar surface area (TPSA) is 75.2 Å². The number of hydrogen-bond donors (Lipinski definition) is 1. The van der Waals surface area contributed by atoms with E-state index in [4.69, 9.17) is 11.6 Å². The second kappa shape index (κ2) is 6.57. The van der Waals surface area contributed by atoms with E-state index in [0.29, 0.717) is 23.2 Å². The van der Waals surface area contributed by atoms with Crippen LogP contribution in [0.1, 0.15) is 12.0 Å². The molecular weight excluding hydrogens is 348 g/mol. The van der Waals surface area contributed by atoms with Crippen molar-refractivity contribution in [1.29, 1.82) is 0 Å². The predicted molar refractivity (Wildman–Crippen MR) is 97.0 cm³/mol. The lowest BCUT2D eigenvalue weighted by Crippen LogP contribution is -2.33. The largest absolute Gasteiger partial charge is 0.355 e. The highest BCUT2D eigenvalue weighted by atomic mass is 35.5. The molecule has 0 radical (unpaired) electrons. The highest BCUT2D eigenvalue weighted by Crippen LogP contribution is 2.24. The van der Waals surface area contributed by atoms with E-state index < -0.39 is 9.84 Å². The number of aryl methyl sites for hydroxylation is 1. The van der Waals surface area contributed by atoms with Gasteiger partial charge in [-0.25, -0.2) is 13.4 Å². The maximum Gasteiger partial charge on any atom is 0.229 e. The van der Waals surface area contributed by atoms with Crippen molar-refractivity contribution in [3.63, 3.8) is 0 Å². The Bertz CT molecular complexity index is 857. The fourth-order valence-electron chi connectivity index (χ4n) is 2.67. The van der Waals surface area contributed by atoms with Crippen LogP contribution >= 0.6 is 11.6 Å². The third-order valence-corrected chi connectivity index (χ3v) is 6.34. The van der Waals surface area contributed by atoms with Gasteiger partial charge in [0, 0.05) is 30.0 Å². The van der Waals surface area contributed by atoms with Crippen LogP contribution in [0, 0.1) is 6.92 Å². The maximum absolute atomic E-state index is 11.7. The lowest BCUT2D eigenvalue weighted by molar-refractivity contribution is 0.600. The van der Waals surface area contributed by atoms with Crippen molar-refractivity contribution >= 4 is 38.9 Å². The van der Waals surface area contributed by atoms with Gasteiger partial charge in [-0.3, -0.25) is 0 Å². The van der Waals surface area contributed by atoms with Gasteiger partial charge in [0.05, 0.1) is 11.5 Å². The Hall–Kier alpha value is -1.86. The van der Waals surface area contributed by atoms with Gasteiger partial charge in [-0.15, -0.1) is 0 Å². The molecule has 1 aliphatic heterocycles. The molecule has 1 N–H and O–H groups in total.